The highest BCUT2D eigenvalue weighted by atomic mass is 35.5. The third-order valence-electron chi connectivity index (χ3n) is 5.78. The number of aromatic nitrogens is 2. The van der Waals surface area contributed by atoms with Gasteiger partial charge in [-0.05, 0) is 36.9 Å². The number of carbonyl (C=O) groups excluding carboxylic acids is 1. The molecule has 0 bridgehead atoms. The van der Waals surface area contributed by atoms with E-state index in [1.807, 2.05) is 13.2 Å². The van der Waals surface area contributed by atoms with Crippen molar-refractivity contribution in [3.8, 4) is 0 Å². The highest BCUT2D eigenvalue weighted by molar-refractivity contribution is 5.95. The van der Waals surface area contributed by atoms with Crippen LogP contribution in [0.25, 0.3) is 0 Å². The first kappa shape index (κ1) is 19.9. The van der Waals surface area contributed by atoms with Gasteiger partial charge in [-0.15, -0.1) is 12.4 Å². The molecule has 0 saturated heterocycles. The molecular weight excluding hydrogens is 360 g/mol. The van der Waals surface area contributed by atoms with Crippen molar-refractivity contribution in [2.75, 3.05) is 13.1 Å². The van der Waals surface area contributed by atoms with Gasteiger partial charge in [0.05, 0.1) is 11.3 Å². The van der Waals surface area contributed by atoms with Gasteiger partial charge in [0.1, 0.15) is 0 Å². The van der Waals surface area contributed by atoms with Crippen LogP contribution in [0.5, 0.6) is 0 Å². The van der Waals surface area contributed by atoms with E-state index in [9.17, 15) is 4.79 Å². The smallest absolute Gasteiger partial charge is 0.254 e. The van der Waals surface area contributed by atoms with E-state index in [4.69, 9.17) is 0 Å². The lowest BCUT2D eigenvalue weighted by molar-refractivity contribution is 0.0947. The number of benzene rings is 1. The lowest BCUT2D eigenvalue weighted by Gasteiger charge is -2.27. The summed E-state index contributed by atoms with van der Waals surface area (Å²) in [6.07, 6.45) is 9.01. The van der Waals surface area contributed by atoms with E-state index in [-0.39, 0.29) is 24.4 Å². The zero-order valence-electron chi connectivity index (χ0n) is 15.9. The summed E-state index contributed by atoms with van der Waals surface area (Å²) in [5.41, 5.74) is 4.43. The third kappa shape index (κ3) is 4.36. The van der Waals surface area contributed by atoms with Crippen molar-refractivity contribution < 1.29 is 4.79 Å². The highest BCUT2D eigenvalue weighted by Crippen LogP contribution is 2.33. The van der Waals surface area contributed by atoms with Crippen LogP contribution in [0, 0.1) is 0 Å². The van der Waals surface area contributed by atoms with Crippen LogP contribution >= 0.6 is 12.4 Å². The lowest BCUT2D eigenvalue weighted by Crippen LogP contribution is -2.39. The molecule has 2 N–H and O–H groups in total. The van der Waals surface area contributed by atoms with Crippen LogP contribution in [0.4, 0.5) is 0 Å². The fourth-order valence-corrected chi connectivity index (χ4v) is 4.42. The van der Waals surface area contributed by atoms with Crippen LogP contribution in [0.2, 0.25) is 0 Å². The topological polar surface area (TPSA) is 59.0 Å². The third-order valence-corrected chi connectivity index (χ3v) is 5.78. The summed E-state index contributed by atoms with van der Waals surface area (Å²) < 4.78 is 1.78. The van der Waals surface area contributed by atoms with Crippen LogP contribution in [0.15, 0.2) is 30.5 Å². The molecule has 1 aliphatic carbocycles. The maximum Gasteiger partial charge on any atom is 0.254 e. The number of aryl methyl sites for hydroxylation is 1. The standard InChI is InChI=1S/C21H28N4O.ClH/c1-25-14-18(20(24-25)16-8-3-2-4-9-16)21(26)23-13-19-17-10-6-5-7-15(17)11-12-22-19;/h5-7,10,14,16,19,22H,2-4,8-9,11-13H2,1H3,(H,23,26);1H. The van der Waals surface area contributed by atoms with Crippen LogP contribution in [-0.4, -0.2) is 28.8 Å². The second-order valence-electron chi connectivity index (χ2n) is 7.60. The molecule has 146 valence electrons. The molecule has 1 unspecified atom stereocenters. The minimum atomic E-state index is 0. The molecule has 5 nitrogen and oxygen atoms in total. The minimum absolute atomic E-state index is 0. The highest BCUT2D eigenvalue weighted by Gasteiger charge is 2.26. The van der Waals surface area contributed by atoms with Crippen LogP contribution in [-0.2, 0) is 13.5 Å². The molecule has 1 aromatic carbocycles. The molecule has 2 heterocycles. The Morgan fingerprint density at radius 2 is 2.04 bits per heavy atom. The van der Waals surface area contributed by atoms with Gasteiger partial charge >= 0.3 is 0 Å². The van der Waals surface area contributed by atoms with E-state index in [1.165, 1.54) is 30.4 Å². The van der Waals surface area contributed by atoms with E-state index in [2.05, 4.69) is 40.0 Å². The Labute approximate surface area is 167 Å². The zero-order chi connectivity index (χ0) is 17.9. The van der Waals surface area contributed by atoms with E-state index in [0.717, 1.165) is 37.1 Å². The van der Waals surface area contributed by atoms with E-state index in [1.54, 1.807) is 4.68 Å². The average Bonchev–Trinajstić information content (AvgIpc) is 3.08. The Morgan fingerprint density at radius 1 is 1.26 bits per heavy atom. The van der Waals surface area contributed by atoms with Gasteiger partial charge in [0.2, 0.25) is 0 Å². The molecule has 1 aliphatic heterocycles. The average molecular weight is 389 g/mol. The molecule has 2 aliphatic rings. The summed E-state index contributed by atoms with van der Waals surface area (Å²) in [4.78, 5) is 12.9. The fraction of sp³-hybridized carbons (Fsp3) is 0.524. The van der Waals surface area contributed by atoms with Crippen LogP contribution in [0.3, 0.4) is 0 Å². The van der Waals surface area contributed by atoms with Crippen molar-refractivity contribution in [1.29, 1.82) is 0 Å². The minimum Gasteiger partial charge on any atom is -0.350 e. The van der Waals surface area contributed by atoms with E-state index < -0.39 is 0 Å². The number of hydrogen-bond donors (Lipinski definition) is 2. The molecule has 0 spiro atoms. The quantitative estimate of drug-likeness (QED) is 0.842. The summed E-state index contributed by atoms with van der Waals surface area (Å²) in [6, 6.07) is 8.69. The zero-order valence-corrected chi connectivity index (χ0v) is 16.7. The molecule has 1 aromatic heterocycles. The number of nitrogens with zero attached hydrogens (tertiary/aromatic N) is 2. The predicted octanol–water partition coefficient (Wildman–Crippen LogP) is 3.51. The largest absolute Gasteiger partial charge is 0.350 e. The first-order valence-electron chi connectivity index (χ1n) is 9.85. The van der Waals surface area contributed by atoms with Crippen molar-refractivity contribution in [2.24, 2.45) is 7.05 Å². The number of rotatable bonds is 4. The summed E-state index contributed by atoms with van der Waals surface area (Å²) >= 11 is 0. The molecule has 27 heavy (non-hydrogen) atoms. The van der Waals surface area contributed by atoms with Crippen molar-refractivity contribution in [3.63, 3.8) is 0 Å². The van der Waals surface area contributed by atoms with Gasteiger partial charge in [-0.25, -0.2) is 0 Å². The number of halogens is 1. The number of hydrogen-bond acceptors (Lipinski definition) is 3. The Kier molecular flexibility index (Phi) is 6.55. The SMILES string of the molecule is Cl.Cn1cc(C(=O)NCC2NCCc3ccccc32)c(C2CCCCC2)n1. The van der Waals surface area contributed by atoms with Gasteiger partial charge in [0.25, 0.3) is 5.91 Å². The molecule has 4 rings (SSSR count). The van der Waals surface area contributed by atoms with Crippen LogP contribution < -0.4 is 10.6 Å². The monoisotopic (exact) mass is 388 g/mol. The van der Waals surface area contributed by atoms with Crippen molar-refractivity contribution in [2.45, 2.75) is 50.5 Å². The molecule has 2 aromatic rings. The Bertz CT molecular complexity index is 782. The van der Waals surface area contributed by atoms with Gasteiger partial charge < -0.3 is 10.6 Å². The second kappa shape index (κ2) is 8.89. The van der Waals surface area contributed by atoms with Crippen molar-refractivity contribution in [1.82, 2.24) is 20.4 Å². The first-order valence-corrected chi connectivity index (χ1v) is 9.85. The molecule has 0 radical (unpaired) electrons. The predicted molar refractivity (Wildman–Crippen MR) is 110 cm³/mol. The first-order chi connectivity index (χ1) is 12.7. The molecular formula is C21H29ClN4O. The Balaban J connectivity index is 0.00000210. The van der Waals surface area contributed by atoms with Gasteiger partial charge in [0, 0.05) is 31.7 Å². The normalized spacial score (nSPS) is 19.8. The number of fused-ring (bicyclic) bond motifs is 1. The van der Waals surface area contributed by atoms with E-state index in [0.29, 0.717) is 12.5 Å². The van der Waals surface area contributed by atoms with Gasteiger partial charge in [-0.1, -0.05) is 43.5 Å². The Hall–Kier alpha value is -1.85. The summed E-state index contributed by atoms with van der Waals surface area (Å²) in [5.74, 6) is 0.433. The molecule has 1 fully saturated rings. The fourth-order valence-electron chi connectivity index (χ4n) is 4.42. The van der Waals surface area contributed by atoms with Gasteiger partial charge in [-0.3, -0.25) is 9.48 Å². The molecule has 1 atom stereocenters. The maximum atomic E-state index is 12.9. The Morgan fingerprint density at radius 3 is 2.85 bits per heavy atom. The second-order valence-corrected chi connectivity index (χ2v) is 7.60. The molecule has 6 heteroatoms. The summed E-state index contributed by atoms with van der Waals surface area (Å²) in [6.45, 7) is 1.56. The number of amides is 1. The number of nitrogens with one attached hydrogen (secondary N) is 2. The molecule has 1 saturated carbocycles. The van der Waals surface area contributed by atoms with E-state index >= 15 is 0 Å². The summed E-state index contributed by atoms with van der Waals surface area (Å²) in [5, 5.41) is 11.3. The number of carbonyl (C=O) groups is 1. The summed E-state index contributed by atoms with van der Waals surface area (Å²) in [7, 11) is 1.90. The van der Waals surface area contributed by atoms with Gasteiger partial charge in [0.15, 0.2) is 0 Å². The molecule has 1 amide bonds. The maximum absolute atomic E-state index is 12.9. The van der Waals surface area contributed by atoms with Gasteiger partial charge in [-0.2, -0.15) is 5.10 Å². The van der Waals surface area contributed by atoms with Crippen molar-refractivity contribution in [3.05, 3.63) is 52.8 Å². The van der Waals surface area contributed by atoms with Crippen LogP contribution in [0.1, 0.15) is 71.2 Å². The van der Waals surface area contributed by atoms with Crippen molar-refractivity contribution >= 4 is 18.3 Å². The lowest BCUT2D eigenvalue weighted by atomic mass is 9.85.